The fraction of sp³-hybridized carbons (Fsp3) is 0.353. The Morgan fingerprint density at radius 3 is 2.41 bits per heavy atom. The molecule has 118 valence electrons. The number of aromatic nitrogens is 1. The van der Waals surface area contributed by atoms with E-state index >= 15 is 0 Å². The molecule has 0 atom stereocenters. The van der Waals surface area contributed by atoms with Crippen molar-refractivity contribution in [2.24, 2.45) is 0 Å². The molecule has 22 heavy (non-hydrogen) atoms. The quantitative estimate of drug-likeness (QED) is 0.853. The number of nitrogens with zero attached hydrogens (tertiary/aromatic N) is 1. The van der Waals surface area contributed by atoms with E-state index in [2.05, 4.69) is 10.3 Å². The summed E-state index contributed by atoms with van der Waals surface area (Å²) in [5.74, 6) is 0.736. The lowest BCUT2D eigenvalue weighted by molar-refractivity contribution is -0.137. The van der Waals surface area contributed by atoms with Gasteiger partial charge in [-0.2, -0.15) is 13.2 Å². The first-order valence-electron chi connectivity index (χ1n) is 7.28. The summed E-state index contributed by atoms with van der Waals surface area (Å²) in [4.78, 5) is 4.50. The zero-order chi connectivity index (χ0) is 16.3. The lowest BCUT2D eigenvalue weighted by atomic mass is 9.98. The van der Waals surface area contributed by atoms with Gasteiger partial charge in [0.05, 0.1) is 11.3 Å². The standard InChI is InChI=1S/C17H19F3N2/c1-4-12-10-13(17(18,19)20)6-7-14(12)15-8-11(3)9-16(22-15)21-5-2/h6-10H,4-5H2,1-3H3,(H,21,22). The van der Waals surface area contributed by atoms with Crippen molar-refractivity contribution in [1.82, 2.24) is 4.98 Å². The van der Waals surface area contributed by atoms with E-state index in [1.807, 2.05) is 32.9 Å². The van der Waals surface area contributed by atoms with Crippen molar-refractivity contribution in [3.05, 3.63) is 47.0 Å². The molecule has 1 aromatic heterocycles. The highest BCUT2D eigenvalue weighted by atomic mass is 19.4. The maximum absolute atomic E-state index is 12.8. The van der Waals surface area contributed by atoms with E-state index in [0.29, 0.717) is 17.7 Å². The largest absolute Gasteiger partial charge is 0.416 e. The minimum absolute atomic E-state index is 0.519. The van der Waals surface area contributed by atoms with E-state index in [0.717, 1.165) is 29.6 Å². The summed E-state index contributed by atoms with van der Waals surface area (Å²) in [7, 11) is 0. The van der Waals surface area contributed by atoms with Gasteiger partial charge in [0.2, 0.25) is 0 Å². The first-order valence-corrected chi connectivity index (χ1v) is 7.28. The Hall–Kier alpha value is -2.04. The molecule has 0 aliphatic carbocycles. The van der Waals surface area contributed by atoms with Crippen LogP contribution < -0.4 is 5.32 Å². The van der Waals surface area contributed by atoms with Gasteiger partial charge in [0.1, 0.15) is 5.82 Å². The summed E-state index contributed by atoms with van der Waals surface area (Å²) in [6.45, 7) is 6.50. The number of pyridine rings is 1. The first-order chi connectivity index (χ1) is 10.3. The SMILES string of the molecule is CCNc1cc(C)cc(-c2ccc(C(F)(F)F)cc2CC)n1. The summed E-state index contributed by atoms with van der Waals surface area (Å²) in [6.07, 6.45) is -3.80. The van der Waals surface area contributed by atoms with E-state index in [1.165, 1.54) is 12.1 Å². The number of alkyl halides is 3. The number of aryl methyl sites for hydroxylation is 2. The second-order valence-corrected chi connectivity index (χ2v) is 5.17. The predicted molar refractivity (Wildman–Crippen MR) is 83.0 cm³/mol. The Morgan fingerprint density at radius 1 is 1.09 bits per heavy atom. The van der Waals surface area contributed by atoms with Gasteiger partial charge >= 0.3 is 6.18 Å². The molecule has 2 rings (SSSR count). The van der Waals surface area contributed by atoms with Crippen LogP contribution in [0.15, 0.2) is 30.3 Å². The van der Waals surface area contributed by atoms with Crippen molar-refractivity contribution in [1.29, 1.82) is 0 Å². The molecule has 1 heterocycles. The van der Waals surface area contributed by atoms with Crippen molar-refractivity contribution < 1.29 is 13.2 Å². The molecule has 0 saturated carbocycles. The molecular weight excluding hydrogens is 289 g/mol. The number of anilines is 1. The molecule has 0 bridgehead atoms. The maximum atomic E-state index is 12.8. The van der Waals surface area contributed by atoms with E-state index in [1.54, 1.807) is 0 Å². The van der Waals surface area contributed by atoms with Crippen molar-refractivity contribution in [2.75, 3.05) is 11.9 Å². The van der Waals surface area contributed by atoms with Crippen molar-refractivity contribution >= 4 is 5.82 Å². The highest BCUT2D eigenvalue weighted by Gasteiger charge is 2.31. The van der Waals surface area contributed by atoms with Crippen LogP contribution >= 0.6 is 0 Å². The highest BCUT2D eigenvalue weighted by Crippen LogP contribution is 2.33. The molecule has 0 unspecified atom stereocenters. The number of hydrogen-bond donors (Lipinski definition) is 1. The molecule has 2 nitrogen and oxygen atoms in total. The Morgan fingerprint density at radius 2 is 1.82 bits per heavy atom. The van der Waals surface area contributed by atoms with Crippen molar-refractivity contribution in [2.45, 2.75) is 33.4 Å². The smallest absolute Gasteiger partial charge is 0.370 e. The third-order valence-electron chi connectivity index (χ3n) is 3.42. The molecule has 1 aromatic carbocycles. The molecule has 0 aliphatic heterocycles. The zero-order valence-corrected chi connectivity index (χ0v) is 12.9. The van der Waals surface area contributed by atoms with Crippen LogP contribution in [-0.4, -0.2) is 11.5 Å². The third kappa shape index (κ3) is 3.59. The minimum Gasteiger partial charge on any atom is -0.370 e. The van der Waals surface area contributed by atoms with Crippen LogP contribution in [0.25, 0.3) is 11.3 Å². The molecule has 0 fully saturated rings. The molecule has 0 saturated heterocycles. The van der Waals surface area contributed by atoms with Gasteiger partial charge in [-0.25, -0.2) is 4.98 Å². The van der Waals surface area contributed by atoms with Crippen LogP contribution in [0.3, 0.4) is 0 Å². The first kappa shape index (κ1) is 16.3. The summed E-state index contributed by atoms with van der Waals surface area (Å²) < 4.78 is 38.5. The van der Waals surface area contributed by atoms with Crippen LogP contribution in [0, 0.1) is 6.92 Å². The van der Waals surface area contributed by atoms with Gasteiger partial charge in [-0.15, -0.1) is 0 Å². The molecule has 5 heteroatoms. The number of hydrogen-bond acceptors (Lipinski definition) is 2. The molecule has 0 spiro atoms. The Balaban J connectivity index is 2.52. The zero-order valence-electron chi connectivity index (χ0n) is 12.9. The molecule has 0 amide bonds. The molecule has 2 aromatic rings. The summed E-state index contributed by atoms with van der Waals surface area (Å²) in [6, 6.07) is 7.65. The number of nitrogens with one attached hydrogen (secondary N) is 1. The van der Waals surface area contributed by atoms with E-state index in [4.69, 9.17) is 0 Å². The van der Waals surface area contributed by atoms with Gasteiger partial charge in [0.25, 0.3) is 0 Å². The van der Waals surface area contributed by atoms with Crippen LogP contribution in [0.1, 0.15) is 30.5 Å². The summed E-state index contributed by atoms with van der Waals surface area (Å²) in [5, 5.41) is 3.14. The van der Waals surface area contributed by atoms with Gasteiger partial charge in [-0.05, 0) is 55.7 Å². The highest BCUT2D eigenvalue weighted by molar-refractivity contribution is 5.67. The van der Waals surface area contributed by atoms with Crippen molar-refractivity contribution in [3.8, 4) is 11.3 Å². The summed E-state index contributed by atoms with van der Waals surface area (Å²) >= 11 is 0. The summed E-state index contributed by atoms with van der Waals surface area (Å²) in [5.41, 5.74) is 2.49. The van der Waals surface area contributed by atoms with Crippen LogP contribution in [0.5, 0.6) is 0 Å². The van der Waals surface area contributed by atoms with Gasteiger partial charge in [0.15, 0.2) is 0 Å². The number of benzene rings is 1. The lowest BCUT2D eigenvalue weighted by Gasteiger charge is -2.14. The van der Waals surface area contributed by atoms with Crippen LogP contribution in [0.4, 0.5) is 19.0 Å². The fourth-order valence-electron chi connectivity index (χ4n) is 2.39. The van der Waals surface area contributed by atoms with Gasteiger partial charge < -0.3 is 5.32 Å². The van der Waals surface area contributed by atoms with Crippen LogP contribution in [-0.2, 0) is 12.6 Å². The monoisotopic (exact) mass is 308 g/mol. The molecule has 0 aliphatic rings. The fourth-order valence-corrected chi connectivity index (χ4v) is 2.39. The normalized spacial score (nSPS) is 11.5. The van der Waals surface area contributed by atoms with Crippen molar-refractivity contribution in [3.63, 3.8) is 0 Å². The Kier molecular flexibility index (Phi) is 4.74. The van der Waals surface area contributed by atoms with Crippen LogP contribution in [0.2, 0.25) is 0 Å². The third-order valence-corrected chi connectivity index (χ3v) is 3.42. The average molecular weight is 308 g/mol. The second kappa shape index (κ2) is 6.38. The Bertz CT molecular complexity index is 663. The van der Waals surface area contributed by atoms with E-state index < -0.39 is 11.7 Å². The average Bonchev–Trinajstić information content (AvgIpc) is 2.45. The second-order valence-electron chi connectivity index (χ2n) is 5.17. The van der Waals surface area contributed by atoms with E-state index in [9.17, 15) is 13.2 Å². The van der Waals surface area contributed by atoms with Gasteiger partial charge in [-0.3, -0.25) is 0 Å². The van der Waals surface area contributed by atoms with Gasteiger partial charge in [-0.1, -0.05) is 13.0 Å². The Labute approximate surface area is 128 Å². The number of rotatable bonds is 4. The maximum Gasteiger partial charge on any atom is 0.416 e. The molecule has 1 N–H and O–H groups in total. The van der Waals surface area contributed by atoms with E-state index in [-0.39, 0.29) is 0 Å². The molecule has 0 radical (unpaired) electrons. The predicted octanol–water partition coefficient (Wildman–Crippen LogP) is 5.07. The topological polar surface area (TPSA) is 24.9 Å². The number of halogens is 3. The molecular formula is C17H19F3N2. The lowest BCUT2D eigenvalue weighted by Crippen LogP contribution is -2.06. The van der Waals surface area contributed by atoms with Gasteiger partial charge in [0, 0.05) is 12.1 Å². The minimum atomic E-state index is -4.32.